The van der Waals surface area contributed by atoms with Crippen molar-refractivity contribution in [2.75, 3.05) is 23.4 Å². The maximum Gasteiger partial charge on any atom is 0.226 e. The fraction of sp³-hybridized carbons (Fsp3) is 0.417. The van der Waals surface area contributed by atoms with Gasteiger partial charge in [0.05, 0.1) is 5.69 Å². The number of carbonyl (C=O) groups is 1. The number of amides is 1. The zero-order chi connectivity index (χ0) is 13.8. The second-order valence-corrected chi connectivity index (χ2v) is 5.35. The number of hydrogen-bond donors (Lipinski definition) is 2. The van der Waals surface area contributed by atoms with Crippen LogP contribution in [-0.2, 0) is 4.79 Å². The Balaban J connectivity index is 1.97. The molecule has 19 heavy (non-hydrogen) atoms. The largest absolute Gasteiger partial charge is 0.323 e. The van der Waals surface area contributed by atoms with E-state index in [2.05, 4.69) is 10.6 Å². The maximum absolute atomic E-state index is 13.4. The normalized spacial score (nSPS) is 19.2. The molecule has 1 aromatic rings. The predicted octanol–water partition coefficient (Wildman–Crippen LogP) is 2.14. The second kappa shape index (κ2) is 6.29. The van der Waals surface area contributed by atoms with Gasteiger partial charge >= 0.3 is 0 Å². The van der Waals surface area contributed by atoms with Crippen molar-refractivity contribution in [3.05, 3.63) is 29.6 Å². The Morgan fingerprint density at radius 2 is 2.16 bits per heavy atom. The number of anilines is 1. The Hall–Kier alpha value is -1.21. The number of thioether (sulfide) groups is 1. The summed E-state index contributed by atoms with van der Waals surface area (Å²) in [6.07, 6.45) is 0.172. The first-order valence-electron chi connectivity index (χ1n) is 5.82. The molecule has 2 rings (SSSR count). The third-order valence-electron chi connectivity index (χ3n) is 2.74. The summed E-state index contributed by atoms with van der Waals surface area (Å²) in [5.41, 5.74) is -0.340. The first-order chi connectivity index (χ1) is 9.08. The summed E-state index contributed by atoms with van der Waals surface area (Å²) in [7, 11) is 0. The van der Waals surface area contributed by atoms with Gasteiger partial charge in [-0.05, 0) is 12.1 Å². The number of benzene rings is 1. The maximum atomic E-state index is 13.4. The Bertz CT molecular complexity index is 478. The summed E-state index contributed by atoms with van der Waals surface area (Å²) in [6.45, 7) is 0.822. The fourth-order valence-electron chi connectivity index (χ4n) is 1.80. The Morgan fingerprint density at radius 1 is 1.37 bits per heavy atom. The lowest BCUT2D eigenvalue weighted by Crippen LogP contribution is -2.40. The molecule has 1 fully saturated rings. The molecular formula is C12H13F3N2OS. The van der Waals surface area contributed by atoms with Gasteiger partial charge in [0.1, 0.15) is 0 Å². The first kappa shape index (κ1) is 14.2. The monoisotopic (exact) mass is 290 g/mol. The van der Waals surface area contributed by atoms with Crippen LogP contribution >= 0.6 is 11.8 Å². The topological polar surface area (TPSA) is 41.1 Å². The van der Waals surface area contributed by atoms with Crippen molar-refractivity contribution >= 4 is 23.4 Å². The minimum Gasteiger partial charge on any atom is -0.323 e. The fourth-order valence-corrected chi connectivity index (χ4v) is 2.75. The van der Waals surface area contributed by atoms with Crippen LogP contribution in [0.1, 0.15) is 6.42 Å². The summed E-state index contributed by atoms with van der Waals surface area (Å²) >= 11 is 1.73. The van der Waals surface area contributed by atoms with E-state index in [0.29, 0.717) is 0 Å². The Kier molecular flexibility index (Phi) is 4.71. The van der Waals surface area contributed by atoms with Crippen LogP contribution in [0.4, 0.5) is 18.9 Å². The van der Waals surface area contributed by atoms with Crippen LogP contribution in [0, 0.1) is 17.5 Å². The van der Waals surface area contributed by atoms with Crippen molar-refractivity contribution in [3.8, 4) is 0 Å². The Labute approximate surface area is 112 Å². The van der Waals surface area contributed by atoms with Gasteiger partial charge in [0.15, 0.2) is 17.5 Å². The van der Waals surface area contributed by atoms with Gasteiger partial charge in [-0.3, -0.25) is 4.79 Å². The Morgan fingerprint density at radius 3 is 2.84 bits per heavy atom. The average molecular weight is 290 g/mol. The highest BCUT2D eigenvalue weighted by atomic mass is 32.2. The minimum absolute atomic E-state index is 0.0205. The van der Waals surface area contributed by atoms with Gasteiger partial charge in [0.25, 0.3) is 0 Å². The zero-order valence-electron chi connectivity index (χ0n) is 10.0. The highest BCUT2D eigenvalue weighted by Gasteiger charge is 2.19. The molecule has 1 aliphatic rings. The average Bonchev–Trinajstić information content (AvgIpc) is 2.41. The molecule has 7 heteroatoms. The molecule has 0 radical (unpaired) electrons. The minimum atomic E-state index is -1.58. The van der Waals surface area contributed by atoms with E-state index >= 15 is 0 Å². The van der Waals surface area contributed by atoms with E-state index in [4.69, 9.17) is 0 Å². The zero-order valence-corrected chi connectivity index (χ0v) is 10.8. The van der Waals surface area contributed by atoms with Crippen molar-refractivity contribution < 1.29 is 18.0 Å². The van der Waals surface area contributed by atoms with Crippen molar-refractivity contribution in [1.29, 1.82) is 0 Å². The lowest BCUT2D eigenvalue weighted by molar-refractivity contribution is -0.116. The van der Waals surface area contributed by atoms with Gasteiger partial charge in [0, 0.05) is 30.5 Å². The first-order valence-corrected chi connectivity index (χ1v) is 6.98. The number of rotatable bonds is 3. The van der Waals surface area contributed by atoms with E-state index in [1.807, 2.05) is 0 Å². The van der Waals surface area contributed by atoms with E-state index in [1.54, 1.807) is 11.8 Å². The van der Waals surface area contributed by atoms with Crippen LogP contribution in [-0.4, -0.2) is 30.0 Å². The molecule has 1 unspecified atom stereocenters. The number of carbonyl (C=O) groups excluding carboxylic acids is 1. The van der Waals surface area contributed by atoms with Crippen molar-refractivity contribution in [2.24, 2.45) is 0 Å². The lowest BCUT2D eigenvalue weighted by Gasteiger charge is -2.22. The van der Waals surface area contributed by atoms with Crippen LogP contribution < -0.4 is 10.6 Å². The quantitative estimate of drug-likeness (QED) is 0.838. The molecule has 0 aliphatic carbocycles. The third-order valence-corrected chi connectivity index (χ3v) is 3.87. The molecule has 1 aliphatic heterocycles. The van der Waals surface area contributed by atoms with Gasteiger partial charge in [-0.25, -0.2) is 13.2 Å². The highest BCUT2D eigenvalue weighted by Crippen LogP contribution is 2.20. The van der Waals surface area contributed by atoms with Gasteiger partial charge < -0.3 is 10.6 Å². The highest BCUT2D eigenvalue weighted by molar-refractivity contribution is 7.99. The van der Waals surface area contributed by atoms with Gasteiger partial charge in [-0.2, -0.15) is 11.8 Å². The molecular weight excluding hydrogens is 277 g/mol. The van der Waals surface area contributed by atoms with E-state index in [0.717, 1.165) is 30.2 Å². The van der Waals surface area contributed by atoms with Gasteiger partial charge in [-0.1, -0.05) is 0 Å². The number of halogens is 3. The van der Waals surface area contributed by atoms with Crippen LogP contribution in [0.3, 0.4) is 0 Å². The lowest BCUT2D eigenvalue weighted by atomic mass is 10.2. The molecule has 1 atom stereocenters. The van der Waals surface area contributed by atoms with Crippen LogP contribution in [0.2, 0.25) is 0 Å². The molecule has 2 N–H and O–H groups in total. The summed E-state index contributed by atoms with van der Waals surface area (Å²) in [4.78, 5) is 11.7. The van der Waals surface area contributed by atoms with Crippen LogP contribution in [0.15, 0.2) is 12.1 Å². The smallest absolute Gasteiger partial charge is 0.226 e. The second-order valence-electron chi connectivity index (χ2n) is 4.20. The summed E-state index contributed by atoms with van der Waals surface area (Å²) in [5.74, 6) is -2.86. The standard InChI is InChI=1S/C12H13F3N2OS/c13-8-1-2-9(12(15)11(8)14)17-10(18)5-7-6-19-4-3-16-7/h1-2,7,16H,3-6H2,(H,17,18). The van der Waals surface area contributed by atoms with E-state index in [-0.39, 0.29) is 18.2 Å². The molecule has 1 amide bonds. The molecule has 0 bridgehead atoms. The van der Waals surface area contributed by atoms with E-state index < -0.39 is 23.4 Å². The number of hydrogen-bond acceptors (Lipinski definition) is 3. The van der Waals surface area contributed by atoms with Gasteiger partial charge in [0.2, 0.25) is 5.91 Å². The SMILES string of the molecule is O=C(CC1CSCCN1)Nc1ccc(F)c(F)c1F. The number of nitrogens with one attached hydrogen (secondary N) is 2. The third kappa shape index (κ3) is 3.63. The van der Waals surface area contributed by atoms with E-state index in [9.17, 15) is 18.0 Å². The van der Waals surface area contributed by atoms with Gasteiger partial charge in [-0.15, -0.1) is 0 Å². The molecule has 104 valence electrons. The summed E-state index contributed by atoms with van der Waals surface area (Å²) in [6, 6.07) is 1.81. The predicted molar refractivity (Wildman–Crippen MR) is 68.7 cm³/mol. The van der Waals surface area contributed by atoms with Crippen molar-refractivity contribution in [3.63, 3.8) is 0 Å². The van der Waals surface area contributed by atoms with Crippen LogP contribution in [0.25, 0.3) is 0 Å². The summed E-state index contributed by atoms with van der Waals surface area (Å²) in [5, 5.41) is 5.42. The molecule has 3 nitrogen and oxygen atoms in total. The van der Waals surface area contributed by atoms with Crippen molar-refractivity contribution in [1.82, 2.24) is 5.32 Å². The van der Waals surface area contributed by atoms with Crippen molar-refractivity contribution in [2.45, 2.75) is 12.5 Å². The molecule has 0 aromatic heterocycles. The molecule has 0 saturated carbocycles. The van der Waals surface area contributed by atoms with E-state index in [1.165, 1.54) is 0 Å². The van der Waals surface area contributed by atoms with Crippen LogP contribution in [0.5, 0.6) is 0 Å². The molecule has 1 heterocycles. The molecule has 1 saturated heterocycles. The molecule has 1 aromatic carbocycles. The molecule has 0 spiro atoms. The summed E-state index contributed by atoms with van der Waals surface area (Å²) < 4.78 is 39.1.